The van der Waals surface area contributed by atoms with Crippen molar-refractivity contribution in [2.45, 2.75) is 13.1 Å². The molecule has 1 aromatic carbocycles. The largest absolute Gasteiger partial charge is 0.493 e. The molecule has 96 valence electrons. The third-order valence-electron chi connectivity index (χ3n) is 2.69. The third kappa shape index (κ3) is 3.24. The van der Waals surface area contributed by atoms with Crippen LogP contribution in [0.25, 0.3) is 0 Å². The van der Waals surface area contributed by atoms with E-state index >= 15 is 0 Å². The highest BCUT2D eigenvalue weighted by Crippen LogP contribution is 2.27. The summed E-state index contributed by atoms with van der Waals surface area (Å²) in [5, 5.41) is 7.65. The molecule has 2 rings (SSSR count). The fourth-order valence-corrected chi connectivity index (χ4v) is 2.40. The van der Waals surface area contributed by atoms with Gasteiger partial charge in [-0.3, -0.25) is 0 Å². The summed E-state index contributed by atoms with van der Waals surface area (Å²) in [5.41, 5.74) is 2.50. The molecule has 0 amide bonds. The highest BCUT2D eigenvalue weighted by molar-refractivity contribution is 7.07. The molecule has 4 heteroatoms. The van der Waals surface area contributed by atoms with E-state index in [1.807, 2.05) is 18.2 Å². The zero-order valence-corrected chi connectivity index (χ0v) is 11.4. The van der Waals surface area contributed by atoms with Crippen molar-refractivity contribution in [1.29, 1.82) is 0 Å². The monoisotopic (exact) mass is 263 g/mol. The van der Waals surface area contributed by atoms with E-state index in [0.29, 0.717) is 0 Å². The molecule has 0 saturated carbocycles. The summed E-state index contributed by atoms with van der Waals surface area (Å²) in [6.07, 6.45) is 0. The van der Waals surface area contributed by atoms with Gasteiger partial charge in [-0.1, -0.05) is 6.07 Å². The Labute approximate surface area is 111 Å². The second-order valence-corrected chi connectivity index (χ2v) is 4.70. The first-order chi connectivity index (χ1) is 8.83. The second-order valence-electron chi connectivity index (χ2n) is 3.92. The van der Waals surface area contributed by atoms with Gasteiger partial charge in [-0.05, 0) is 40.1 Å². The van der Waals surface area contributed by atoms with Crippen LogP contribution in [0.2, 0.25) is 0 Å². The molecule has 18 heavy (non-hydrogen) atoms. The zero-order chi connectivity index (χ0) is 12.8. The topological polar surface area (TPSA) is 30.5 Å². The van der Waals surface area contributed by atoms with Crippen molar-refractivity contribution < 1.29 is 9.47 Å². The summed E-state index contributed by atoms with van der Waals surface area (Å²) in [4.78, 5) is 0. The van der Waals surface area contributed by atoms with Crippen LogP contribution in [-0.2, 0) is 13.1 Å². The summed E-state index contributed by atoms with van der Waals surface area (Å²) in [7, 11) is 3.30. The Morgan fingerprint density at radius 3 is 2.44 bits per heavy atom. The van der Waals surface area contributed by atoms with Gasteiger partial charge >= 0.3 is 0 Å². The van der Waals surface area contributed by atoms with Crippen molar-refractivity contribution in [1.82, 2.24) is 5.32 Å². The van der Waals surface area contributed by atoms with Crippen molar-refractivity contribution >= 4 is 11.3 Å². The Balaban J connectivity index is 1.93. The van der Waals surface area contributed by atoms with Crippen LogP contribution in [0.1, 0.15) is 11.1 Å². The van der Waals surface area contributed by atoms with Gasteiger partial charge in [-0.2, -0.15) is 11.3 Å². The van der Waals surface area contributed by atoms with Gasteiger partial charge in [0.1, 0.15) is 0 Å². The van der Waals surface area contributed by atoms with Gasteiger partial charge in [0.15, 0.2) is 11.5 Å². The molecule has 0 aliphatic carbocycles. The van der Waals surface area contributed by atoms with E-state index in [0.717, 1.165) is 24.6 Å². The minimum absolute atomic E-state index is 0.763. The molecular weight excluding hydrogens is 246 g/mol. The number of ether oxygens (including phenoxy) is 2. The lowest BCUT2D eigenvalue weighted by Gasteiger charge is -2.10. The fraction of sp³-hybridized carbons (Fsp3) is 0.286. The fourth-order valence-electron chi connectivity index (χ4n) is 1.74. The average molecular weight is 263 g/mol. The SMILES string of the molecule is COc1ccc(CNCc2ccsc2)cc1OC. The van der Waals surface area contributed by atoms with Gasteiger partial charge < -0.3 is 14.8 Å². The van der Waals surface area contributed by atoms with E-state index < -0.39 is 0 Å². The number of nitrogens with one attached hydrogen (secondary N) is 1. The van der Waals surface area contributed by atoms with E-state index in [1.165, 1.54) is 11.1 Å². The van der Waals surface area contributed by atoms with Crippen LogP contribution in [0.5, 0.6) is 11.5 Å². The Bertz CT molecular complexity index is 483. The van der Waals surface area contributed by atoms with Crippen LogP contribution in [0.15, 0.2) is 35.0 Å². The van der Waals surface area contributed by atoms with Crippen molar-refractivity contribution in [3.05, 3.63) is 46.2 Å². The number of hydrogen-bond donors (Lipinski definition) is 1. The molecule has 3 nitrogen and oxygen atoms in total. The molecule has 0 bridgehead atoms. The van der Waals surface area contributed by atoms with Gasteiger partial charge in [0.25, 0.3) is 0 Å². The smallest absolute Gasteiger partial charge is 0.161 e. The van der Waals surface area contributed by atoms with Crippen LogP contribution < -0.4 is 14.8 Å². The Morgan fingerprint density at radius 2 is 1.78 bits per heavy atom. The number of benzene rings is 1. The maximum absolute atomic E-state index is 5.28. The molecule has 2 aromatic rings. The molecule has 1 heterocycles. The molecule has 0 fully saturated rings. The van der Waals surface area contributed by atoms with Crippen molar-refractivity contribution in [3.8, 4) is 11.5 Å². The molecule has 0 aliphatic heterocycles. The van der Waals surface area contributed by atoms with Crippen LogP contribution in [0, 0.1) is 0 Å². The van der Waals surface area contributed by atoms with Crippen molar-refractivity contribution in [2.75, 3.05) is 14.2 Å². The molecule has 0 saturated heterocycles. The van der Waals surface area contributed by atoms with E-state index in [1.54, 1.807) is 25.6 Å². The van der Waals surface area contributed by atoms with E-state index in [9.17, 15) is 0 Å². The number of rotatable bonds is 6. The first-order valence-corrected chi connectivity index (χ1v) is 6.70. The first kappa shape index (κ1) is 12.9. The third-order valence-corrected chi connectivity index (χ3v) is 3.42. The molecule has 1 aromatic heterocycles. The summed E-state index contributed by atoms with van der Waals surface area (Å²) in [6, 6.07) is 8.11. The lowest BCUT2D eigenvalue weighted by atomic mass is 10.2. The van der Waals surface area contributed by atoms with Crippen LogP contribution in [0.4, 0.5) is 0 Å². The van der Waals surface area contributed by atoms with Crippen molar-refractivity contribution in [3.63, 3.8) is 0 Å². The van der Waals surface area contributed by atoms with Gasteiger partial charge in [-0.15, -0.1) is 0 Å². The quantitative estimate of drug-likeness (QED) is 0.869. The molecule has 1 N–H and O–H groups in total. The molecule has 0 aliphatic rings. The number of thiophene rings is 1. The standard InChI is InChI=1S/C14H17NO2S/c1-16-13-4-3-11(7-14(13)17-2)8-15-9-12-5-6-18-10-12/h3-7,10,15H,8-9H2,1-2H3. The first-order valence-electron chi connectivity index (χ1n) is 5.76. The summed E-state index contributed by atoms with van der Waals surface area (Å²) >= 11 is 1.72. The van der Waals surface area contributed by atoms with Gasteiger partial charge in [0.2, 0.25) is 0 Å². The highest BCUT2D eigenvalue weighted by atomic mass is 32.1. The minimum Gasteiger partial charge on any atom is -0.493 e. The summed E-state index contributed by atoms with van der Waals surface area (Å²) in [6.45, 7) is 1.70. The van der Waals surface area contributed by atoms with Crippen molar-refractivity contribution in [2.24, 2.45) is 0 Å². The maximum atomic E-state index is 5.28. The zero-order valence-electron chi connectivity index (χ0n) is 10.6. The summed E-state index contributed by atoms with van der Waals surface area (Å²) in [5.74, 6) is 1.53. The van der Waals surface area contributed by atoms with E-state index in [-0.39, 0.29) is 0 Å². The molecule has 0 spiro atoms. The van der Waals surface area contributed by atoms with E-state index in [4.69, 9.17) is 9.47 Å². The molecule has 0 radical (unpaired) electrons. The van der Waals surface area contributed by atoms with Crippen LogP contribution >= 0.6 is 11.3 Å². The second kappa shape index (κ2) is 6.42. The molecule has 0 atom stereocenters. The minimum atomic E-state index is 0.763. The van der Waals surface area contributed by atoms with Gasteiger partial charge in [0.05, 0.1) is 14.2 Å². The Morgan fingerprint density at radius 1 is 1.00 bits per heavy atom. The summed E-state index contributed by atoms with van der Waals surface area (Å²) < 4.78 is 10.5. The van der Waals surface area contributed by atoms with Crippen LogP contribution in [-0.4, -0.2) is 14.2 Å². The lowest BCUT2D eigenvalue weighted by Crippen LogP contribution is -2.12. The molecular formula is C14H17NO2S. The Hall–Kier alpha value is -1.52. The number of methoxy groups -OCH3 is 2. The number of hydrogen-bond acceptors (Lipinski definition) is 4. The van der Waals surface area contributed by atoms with E-state index in [2.05, 4.69) is 22.1 Å². The van der Waals surface area contributed by atoms with Gasteiger partial charge in [-0.25, -0.2) is 0 Å². The normalized spacial score (nSPS) is 10.3. The maximum Gasteiger partial charge on any atom is 0.161 e. The predicted molar refractivity (Wildman–Crippen MR) is 74.4 cm³/mol. The highest BCUT2D eigenvalue weighted by Gasteiger charge is 2.04. The van der Waals surface area contributed by atoms with Crippen LogP contribution in [0.3, 0.4) is 0 Å². The average Bonchev–Trinajstić information content (AvgIpc) is 2.91. The predicted octanol–water partition coefficient (Wildman–Crippen LogP) is 3.06. The Kier molecular flexibility index (Phi) is 4.61. The van der Waals surface area contributed by atoms with Gasteiger partial charge in [0, 0.05) is 13.1 Å². The molecule has 0 unspecified atom stereocenters. The lowest BCUT2D eigenvalue weighted by molar-refractivity contribution is 0.354.